The number of hydrogen-bond donors (Lipinski definition) is 1. The molecule has 1 aliphatic rings. The van der Waals surface area contributed by atoms with Crippen molar-refractivity contribution in [2.24, 2.45) is 5.16 Å². The Morgan fingerprint density at radius 2 is 1.89 bits per heavy atom. The number of carbonyl (C=O) groups is 1. The van der Waals surface area contributed by atoms with Gasteiger partial charge < -0.3 is 14.7 Å². The largest absolute Gasteiger partial charge is 0.435 e. The SMILES string of the molecule is CC(=O)Nc1c2ccc(C3=NOC(c4cc(Cl)cc(Cl)c4)(C(F)(F)F)C3)cc2cn1Cc1ccccn1. The van der Waals surface area contributed by atoms with Crippen LogP contribution in [0.3, 0.4) is 0 Å². The number of benzene rings is 2. The van der Waals surface area contributed by atoms with Crippen LogP contribution < -0.4 is 5.32 Å². The number of nitrogens with zero attached hydrogens (tertiary/aromatic N) is 3. The summed E-state index contributed by atoms with van der Waals surface area (Å²) in [5, 5.41) is 8.22. The Hall–Kier alpha value is -3.56. The van der Waals surface area contributed by atoms with Gasteiger partial charge in [-0.15, -0.1) is 0 Å². The van der Waals surface area contributed by atoms with E-state index in [0.29, 0.717) is 23.3 Å². The lowest BCUT2D eigenvalue weighted by molar-refractivity contribution is -0.275. The summed E-state index contributed by atoms with van der Waals surface area (Å²) >= 11 is 12.0. The van der Waals surface area contributed by atoms with Crippen molar-refractivity contribution < 1.29 is 22.8 Å². The van der Waals surface area contributed by atoms with E-state index in [1.807, 2.05) is 22.9 Å². The highest BCUT2D eigenvalue weighted by atomic mass is 35.5. The number of amides is 1. The molecule has 4 aromatic rings. The van der Waals surface area contributed by atoms with Crippen LogP contribution in [0.2, 0.25) is 10.0 Å². The quantitative estimate of drug-likeness (QED) is 0.295. The summed E-state index contributed by atoms with van der Waals surface area (Å²) in [6.45, 7) is 1.79. The van der Waals surface area contributed by atoms with Crippen LogP contribution in [0.5, 0.6) is 0 Å². The predicted octanol–water partition coefficient (Wildman–Crippen LogP) is 6.93. The van der Waals surface area contributed by atoms with Crippen LogP contribution in [0.15, 0.2) is 72.1 Å². The van der Waals surface area contributed by atoms with Gasteiger partial charge in [-0.2, -0.15) is 13.2 Å². The molecule has 0 saturated carbocycles. The summed E-state index contributed by atoms with van der Waals surface area (Å²) in [6.07, 6.45) is -1.87. The highest BCUT2D eigenvalue weighted by molar-refractivity contribution is 6.34. The molecular formula is C26H19Cl2F3N4O2. The minimum Gasteiger partial charge on any atom is -0.374 e. The summed E-state index contributed by atoms with van der Waals surface area (Å²) < 4.78 is 44.9. The maximum Gasteiger partial charge on any atom is 0.435 e. The van der Waals surface area contributed by atoms with Crippen molar-refractivity contribution in [3.8, 4) is 0 Å². The minimum atomic E-state index is -4.79. The zero-order valence-electron chi connectivity index (χ0n) is 19.3. The fourth-order valence-corrected chi connectivity index (χ4v) is 4.92. The number of anilines is 1. The highest BCUT2D eigenvalue weighted by Crippen LogP contribution is 2.50. The lowest BCUT2D eigenvalue weighted by atomic mass is 9.86. The fraction of sp³-hybridized carbons (Fsp3) is 0.192. The summed E-state index contributed by atoms with van der Waals surface area (Å²) in [5.41, 5.74) is -1.60. The van der Waals surface area contributed by atoms with E-state index in [1.165, 1.54) is 25.1 Å². The first kappa shape index (κ1) is 25.1. The van der Waals surface area contributed by atoms with Crippen LogP contribution in [-0.2, 0) is 21.8 Å². The Labute approximate surface area is 219 Å². The molecule has 0 bridgehead atoms. The van der Waals surface area contributed by atoms with Gasteiger partial charge >= 0.3 is 6.18 Å². The minimum absolute atomic E-state index is 0.0596. The predicted molar refractivity (Wildman–Crippen MR) is 136 cm³/mol. The van der Waals surface area contributed by atoms with Gasteiger partial charge in [-0.3, -0.25) is 9.78 Å². The smallest absolute Gasteiger partial charge is 0.374 e. The molecule has 1 atom stereocenters. The molecule has 0 fully saturated rings. The average Bonchev–Trinajstić information content (AvgIpc) is 3.42. The van der Waals surface area contributed by atoms with E-state index < -0.39 is 18.2 Å². The van der Waals surface area contributed by atoms with E-state index in [-0.39, 0.29) is 27.2 Å². The van der Waals surface area contributed by atoms with E-state index in [2.05, 4.69) is 15.5 Å². The second-order valence-corrected chi connectivity index (χ2v) is 9.57. The van der Waals surface area contributed by atoms with E-state index in [1.54, 1.807) is 30.5 Å². The molecule has 1 aliphatic heterocycles. The molecule has 11 heteroatoms. The molecule has 0 spiro atoms. The molecule has 0 radical (unpaired) electrons. The summed E-state index contributed by atoms with van der Waals surface area (Å²) in [6, 6.07) is 14.3. The van der Waals surface area contributed by atoms with Crippen molar-refractivity contribution in [2.75, 3.05) is 5.32 Å². The van der Waals surface area contributed by atoms with Crippen LogP contribution in [0.1, 0.15) is 30.2 Å². The second kappa shape index (κ2) is 9.39. The first-order valence-corrected chi connectivity index (χ1v) is 11.9. The molecule has 190 valence electrons. The van der Waals surface area contributed by atoms with Crippen LogP contribution in [-0.4, -0.2) is 27.3 Å². The normalized spacial score (nSPS) is 17.5. The van der Waals surface area contributed by atoms with E-state index >= 15 is 0 Å². The Morgan fingerprint density at radius 3 is 2.54 bits per heavy atom. The standard InChI is InChI=1S/C26H19Cl2F3N4O2/c1-15(36)33-24-22-6-5-16(8-17(22)13-35(24)14-21-4-2-3-7-32-21)23-12-25(37-34-23,26(29,30)31)18-9-19(27)11-20(28)10-18/h2-11,13H,12,14H2,1H3,(H,33,36). The van der Waals surface area contributed by atoms with Gasteiger partial charge in [0.1, 0.15) is 5.82 Å². The molecule has 2 aromatic carbocycles. The maximum absolute atomic E-state index is 14.4. The highest BCUT2D eigenvalue weighted by Gasteiger charge is 2.62. The van der Waals surface area contributed by atoms with Crippen molar-refractivity contribution in [3.05, 3.63) is 93.9 Å². The fourth-order valence-electron chi connectivity index (χ4n) is 4.39. The van der Waals surface area contributed by atoms with Crippen molar-refractivity contribution in [2.45, 2.75) is 31.7 Å². The molecule has 6 nitrogen and oxygen atoms in total. The number of nitrogens with one attached hydrogen (secondary N) is 1. The molecule has 3 heterocycles. The van der Waals surface area contributed by atoms with Gasteiger partial charge in [0, 0.05) is 57.7 Å². The number of oxime groups is 1. The Bertz CT molecular complexity index is 1520. The monoisotopic (exact) mass is 546 g/mol. The van der Waals surface area contributed by atoms with Crippen molar-refractivity contribution in [3.63, 3.8) is 0 Å². The Morgan fingerprint density at radius 1 is 1.14 bits per heavy atom. The number of halogens is 5. The van der Waals surface area contributed by atoms with Gasteiger partial charge in [0.25, 0.3) is 5.60 Å². The molecule has 1 N–H and O–H groups in total. The van der Waals surface area contributed by atoms with Crippen LogP contribution >= 0.6 is 23.2 Å². The molecule has 1 amide bonds. The van der Waals surface area contributed by atoms with Gasteiger partial charge in [0.2, 0.25) is 5.91 Å². The zero-order valence-corrected chi connectivity index (χ0v) is 20.8. The maximum atomic E-state index is 14.4. The first-order valence-electron chi connectivity index (χ1n) is 11.1. The van der Waals surface area contributed by atoms with Crippen molar-refractivity contribution in [1.82, 2.24) is 9.55 Å². The zero-order chi connectivity index (χ0) is 26.4. The first-order chi connectivity index (χ1) is 17.6. The molecule has 0 saturated heterocycles. The third kappa shape index (κ3) is 4.76. The molecule has 2 aromatic heterocycles. The van der Waals surface area contributed by atoms with Crippen LogP contribution in [0.25, 0.3) is 10.8 Å². The third-order valence-electron chi connectivity index (χ3n) is 6.09. The summed E-state index contributed by atoms with van der Waals surface area (Å²) in [4.78, 5) is 21.3. The van der Waals surface area contributed by atoms with Gasteiger partial charge in [-0.05, 0) is 36.4 Å². The molecule has 5 rings (SSSR count). The van der Waals surface area contributed by atoms with Crippen LogP contribution in [0, 0.1) is 0 Å². The third-order valence-corrected chi connectivity index (χ3v) is 6.53. The average molecular weight is 547 g/mol. The molecule has 37 heavy (non-hydrogen) atoms. The number of fused-ring (bicyclic) bond motifs is 1. The molecule has 1 unspecified atom stereocenters. The summed E-state index contributed by atoms with van der Waals surface area (Å²) in [7, 11) is 0. The van der Waals surface area contributed by atoms with Crippen molar-refractivity contribution >= 4 is 51.4 Å². The number of pyridine rings is 1. The van der Waals surface area contributed by atoms with Gasteiger partial charge in [-0.1, -0.05) is 46.6 Å². The van der Waals surface area contributed by atoms with E-state index in [9.17, 15) is 18.0 Å². The van der Waals surface area contributed by atoms with E-state index in [0.717, 1.165) is 11.1 Å². The van der Waals surface area contributed by atoms with Gasteiger partial charge in [-0.25, -0.2) is 0 Å². The Kier molecular flexibility index (Phi) is 6.37. The van der Waals surface area contributed by atoms with E-state index in [4.69, 9.17) is 28.0 Å². The van der Waals surface area contributed by atoms with Gasteiger partial charge in [0.05, 0.1) is 18.0 Å². The van der Waals surface area contributed by atoms with Crippen molar-refractivity contribution in [1.29, 1.82) is 0 Å². The molecule has 0 aliphatic carbocycles. The number of hydrogen-bond acceptors (Lipinski definition) is 4. The number of alkyl halides is 3. The topological polar surface area (TPSA) is 68.5 Å². The molecular weight excluding hydrogens is 528 g/mol. The number of carbonyl (C=O) groups excluding carboxylic acids is 1. The summed E-state index contributed by atoms with van der Waals surface area (Å²) in [5.74, 6) is 0.303. The lowest BCUT2D eigenvalue weighted by Crippen LogP contribution is -2.42. The number of rotatable bonds is 5. The Balaban J connectivity index is 1.53. The lowest BCUT2D eigenvalue weighted by Gasteiger charge is -2.29. The number of aromatic nitrogens is 2. The van der Waals surface area contributed by atoms with Crippen LogP contribution in [0.4, 0.5) is 19.0 Å². The van der Waals surface area contributed by atoms with Gasteiger partial charge in [0.15, 0.2) is 0 Å². The second-order valence-electron chi connectivity index (χ2n) is 8.70.